The highest BCUT2D eigenvalue weighted by atomic mass is 16.5. The van der Waals surface area contributed by atoms with Gasteiger partial charge in [-0.25, -0.2) is 0 Å². The predicted molar refractivity (Wildman–Crippen MR) is 109 cm³/mol. The molecule has 0 radical (unpaired) electrons. The number of aromatic nitrogens is 3. The quantitative estimate of drug-likeness (QED) is 0.588. The van der Waals surface area contributed by atoms with Crippen molar-refractivity contribution in [2.45, 2.75) is 39.9 Å². The molecule has 0 aliphatic rings. The maximum Gasteiger partial charge on any atom is 0.336 e. The van der Waals surface area contributed by atoms with Gasteiger partial charge in [0, 0.05) is 11.1 Å². The van der Waals surface area contributed by atoms with Crippen LogP contribution in [0.3, 0.4) is 0 Å². The summed E-state index contributed by atoms with van der Waals surface area (Å²) in [6.45, 7) is 7.99. The van der Waals surface area contributed by atoms with Crippen LogP contribution in [-0.4, -0.2) is 34.5 Å². The zero-order valence-corrected chi connectivity index (χ0v) is 16.8. The monoisotopic (exact) mass is 379 g/mol. The van der Waals surface area contributed by atoms with Crippen LogP contribution < -0.4 is 14.2 Å². The van der Waals surface area contributed by atoms with Gasteiger partial charge in [0.05, 0.1) is 19.3 Å². The zero-order valence-electron chi connectivity index (χ0n) is 16.8. The summed E-state index contributed by atoms with van der Waals surface area (Å²) < 4.78 is 16.6. The largest absolute Gasteiger partial charge is 0.491 e. The number of benzene rings is 2. The van der Waals surface area contributed by atoms with E-state index in [0.29, 0.717) is 11.4 Å². The van der Waals surface area contributed by atoms with E-state index < -0.39 is 0 Å². The Morgan fingerprint density at radius 1 is 0.643 bits per heavy atom. The minimum Gasteiger partial charge on any atom is -0.491 e. The molecule has 0 saturated heterocycles. The number of rotatable bonds is 7. The lowest BCUT2D eigenvalue weighted by Crippen LogP contribution is -2.05. The molecule has 3 aromatic rings. The minimum absolute atomic E-state index is 0.119. The summed E-state index contributed by atoms with van der Waals surface area (Å²) in [5, 5.41) is 8.40. The van der Waals surface area contributed by atoms with Gasteiger partial charge in [0.2, 0.25) is 0 Å². The second-order valence-electron chi connectivity index (χ2n) is 6.88. The molecule has 6 heteroatoms. The van der Waals surface area contributed by atoms with Crippen molar-refractivity contribution in [2.75, 3.05) is 7.11 Å². The molecule has 146 valence electrons. The Kier molecular flexibility index (Phi) is 6.09. The molecule has 0 amide bonds. The van der Waals surface area contributed by atoms with Crippen LogP contribution in [0.1, 0.15) is 27.7 Å². The Bertz CT molecular complexity index is 907. The first-order valence-corrected chi connectivity index (χ1v) is 9.29. The van der Waals surface area contributed by atoms with Gasteiger partial charge in [-0.1, -0.05) is 5.10 Å². The van der Waals surface area contributed by atoms with Gasteiger partial charge in [-0.15, -0.1) is 5.10 Å². The summed E-state index contributed by atoms with van der Waals surface area (Å²) in [6, 6.07) is 15.7. The Balaban J connectivity index is 1.98. The average Bonchev–Trinajstić information content (AvgIpc) is 2.68. The second kappa shape index (κ2) is 8.69. The van der Waals surface area contributed by atoms with Crippen LogP contribution in [-0.2, 0) is 0 Å². The van der Waals surface area contributed by atoms with Crippen molar-refractivity contribution in [3.05, 3.63) is 48.5 Å². The fourth-order valence-electron chi connectivity index (χ4n) is 2.72. The highest BCUT2D eigenvalue weighted by molar-refractivity contribution is 5.78. The van der Waals surface area contributed by atoms with E-state index in [-0.39, 0.29) is 18.2 Å². The van der Waals surface area contributed by atoms with Gasteiger partial charge in [0.15, 0.2) is 0 Å². The van der Waals surface area contributed by atoms with Gasteiger partial charge in [0.25, 0.3) is 0 Å². The molecule has 3 rings (SSSR count). The Morgan fingerprint density at radius 2 is 1.11 bits per heavy atom. The number of methoxy groups -OCH3 is 1. The van der Waals surface area contributed by atoms with Crippen molar-refractivity contribution in [1.82, 2.24) is 15.2 Å². The summed E-state index contributed by atoms with van der Waals surface area (Å²) in [5.74, 6) is 1.62. The van der Waals surface area contributed by atoms with E-state index in [1.165, 1.54) is 7.11 Å². The molecule has 0 spiro atoms. The average molecular weight is 379 g/mol. The molecule has 0 fully saturated rings. The number of hydrogen-bond donors (Lipinski definition) is 0. The van der Waals surface area contributed by atoms with Crippen molar-refractivity contribution < 1.29 is 14.2 Å². The van der Waals surface area contributed by atoms with E-state index in [9.17, 15) is 0 Å². The van der Waals surface area contributed by atoms with Gasteiger partial charge in [-0.3, -0.25) is 0 Å². The summed E-state index contributed by atoms with van der Waals surface area (Å²) in [4.78, 5) is 4.53. The molecule has 0 atom stereocenters. The standard InChI is InChI=1S/C22H25N3O3/c1-14(2)27-18-10-6-16(7-11-18)20-21(24-25-22(23-20)26-5)17-8-12-19(13-9-17)28-15(3)4/h6-15H,1-5H3. The van der Waals surface area contributed by atoms with Gasteiger partial charge >= 0.3 is 6.01 Å². The highest BCUT2D eigenvalue weighted by Gasteiger charge is 2.14. The molecule has 0 aliphatic heterocycles. The lowest BCUT2D eigenvalue weighted by molar-refractivity contribution is 0.242. The van der Waals surface area contributed by atoms with Crippen molar-refractivity contribution in [3.8, 4) is 40.0 Å². The topological polar surface area (TPSA) is 66.4 Å². The molecule has 1 heterocycles. The van der Waals surface area contributed by atoms with Crippen molar-refractivity contribution >= 4 is 0 Å². The molecular formula is C22H25N3O3. The van der Waals surface area contributed by atoms with Crippen LogP contribution >= 0.6 is 0 Å². The molecule has 0 unspecified atom stereocenters. The van der Waals surface area contributed by atoms with Crippen LogP contribution in [0.4, 0.5) is 0 Å². The lowest BCUT2D eigenvalue weighted by atomic mass is 10.0. The normalized spacial score (nSPS) is 11.0. The van der Waals surface area contributed by atoms with Crippen LogP contribution in [0, 0.1) is 0 Å². The number of hydrogen-bond acceptors (Lipinski definition) is 6. The first-order valence-electron chi connectivity index (χ1n) is 9.29. The van der Waals surface area contributed by atoms with E-state index in [0.717, 1.165) is 22.6 Å². The van der Waals surface area contributed by atoms with Crippen molar-refractivity contribution in [3.63, 3.8) is 0 Å². The molecule has 0 saturated carbocycles. The molecule has 2 aromatic carbocycles. The Morgan fingerprint density at radius 3 is 1.54 bits per heavy atom. The van der Waals surface area contributed by atoms with Crippen molar-refractivity contribution in [1.29, 1.82) is 0 Å². The SMILES string of the molecule is COc1nnc(-c2ccc(OC(C)C)cc2)c(-c2ccc(OC(C)C)cc2)n1. The van der Waals surface area contributed by atoms with E-state index in [1.54, 1.807) is 0 Å². The van der Waals surface area contributed by atoms with E-state index in [2.05, 4.69) is 15.2 Å². The van der Waals surface area contributed by atoms with E-state index >= 15 is 0 Å². The molecule has 0 bridgehead atoms. The summed E-state index contributed by atoms with van der Waals surface area (Å²) in [6.07, 6.45) is 0.240. The van der Waals surface area contributed by atoms with E-state index in [1.807, 2.05) is 76.2 Å². The first kappa shape index (κ1) is 19.6. The van der Waals surface area contributed by atoms with Crippen molar-refractivity contribution in [2.24, 2.45) is 0 Å². The van der Waals surface area contributed by atoms with Gasteiger partial charge in [0.1, 0.15) is 22.9 Å². The molecule has 0 aliphatic carbocycles. The fourth-order valence-corrected chi connectivity index (χ4v) is 2.72. The summed E-state index contributed by atoms with van der Waals surface area (Å²) >= 11 is 0. The van der Waals surface area contributed by atoms with E-state index in [4.69, 9.17) is 14.2 Å². The van der Waals surface area contributed by atoms with Crippen LogP contribution in [0.15, 0.2) is 48.5 Å². The molecule has 0 N–H and O–H groups in total. The number of ether oxygens (including phenoxy) is 3. The highest BCUT2D eigenvalue weighted by Crippen LogP contribution is 2.31. The van der Waals surface area contributed by atoms with Gasteiger partial charge in [-0.05, 0) is 76.2 Å². The van der Waals surface area contributed by atoms with Crippen LogP contribution in [0.2, 0.25) is 0 Å². The van der Waals surface area contributed by atoms with Crippen LogP contribution in [0.25, 0.3) is 22.5 Å². The third-order valence-corrected chi connectivity index (χ3v) is 3.85. The summed E-state index contributed by atoms with van der Waals surface area (Å²) in [5.41, 5.74) is 3.17. The molecule has 1 aromatic heterocycles. The second-order valence-corrected chi connectivity index (χ2v) is 6.88. The maximum atomic E-state index is 5.72. The minimum atomic E-state index is 0.119. The number of nitrogens with zero attached hydrogens (tertiary/aromatic N) is 3. The smallest absolute Gasteiger partial charge is 0.336 e. The Labute approximate surface area is 165 Å². The fraction of sp³-hybridized carbons (Fsp3) is 0.318. The third-order valence-electron chi connectivity index (χ3n) is 3.85. The maximum absolute atomic E-state index is 5.72. The molecular weight excluding hydrogens is 354 g/mol. The van der Waals surface area contributed by atoms with Gasteiger partial charge in [-0.2, -0.15) is 4.98 Å². The lowest BCUT2D eigenvalue weighted by Gasteiger charge is -2.13. The Hall–Kier alpha value is -3.15. The molecule has 28 heavy (non-hydrogen) atoms. The van der Waals surface area contributed by atoms with Gasteiger partial charge < -0.3 is 14.2 Å². The first-order chi connectivity index (χ1) is 13.5. The molecule has 6 nitrogen and oxygen atoms in total. The zero-order chi connectivity index (χ0) is 20.1. The van der Waals surface area contributed by atoms with Crippen LogP contribution in [0.5, 0.6) is 17.5 Å². The predicted octanol–water partition coefficient (Wildman–Crippen LogP) is 4.79. The third kappa shape index (κ3) is 4.76. The summed E-state index contributed by atoms with van der Waals surface area (Å²) in [7, 11) is 1.53.